The van der Waals surface area contributed by atoms with Gasteiger partial charge in [0.15, 0.2) is 3.68 Å². The van der Waals surface area contributed by atoms with Crippen LogP contribution >= 0.6 is 45.2 Å². The number of rotatable bonds is 1. The minimum absolute atomic E-state index is 0.290. The highest BCUT2D eigenvalue weighted by molar-refractivity contribution is 14.1. The maximum atomic E-state index is 13.8. The highest BCUT2D eigenvalue weighted by atomic mass is 127. The summed E-state index contributed by atoms with van der Waals surface area (Å²) in [5.74, 6) is -1.01. The molecule has 1 aliphatic rings. The van der Waals surface area contributed by atoms with Gasteiger partial charge in [0.05, 0.1) is 0 Å². The summed E-state index contributed by atoms with van der Waals surface area (Å²) in [5.41, 5.74) is 0. The molecule has 2 unspecified atom stereocenters. The first-order valence-corrected chi connectivity index (χ1v) is 5.79. The average Bonchev–Trinajstić information content (AvgIpc) is 2.02. The van der Waals surface area contributed by atoms with Crippen molar-refractivity contribution in [2.75, 3.05) is 7.05 Å². The Bertz CT molecular complexity index is 286. The van der Waals surface area contributed by atoms with Gasteiger partial charge in [0.2, 0.25) is 5.91 Å². The summed E-state index contributed by atoms with van der Waals surface area (Å²) in [7, 11) is 1.51. The molecule has 1 N–H and O–H groups in total. The van der Waals surface area contributed by atoms with Gasteiger partial charge in [0.1, 0.15) is 5.92 Å². The topological polar surface area (TPSA) is 29.1 Å². The van der Waals surface area contributed by atoms with E-state index in [0.29, 0.717) is 0 Å². The van der Waals surface area contributed by atoms with Gasteiger partial charge in [-0.05, 0) is 51.3 Å². The molecule has 0 saturated heterocycles. The van der Waals surface area contributed by atoms with Gasteiger partial charge in [-0.3, -0.25) is 4.79 Å². The third kappa shape index (κ3) is 2.42. The largest absolute Gasteiger partial charge is 0.358 e. The van der Waals surface area contributed by atoms with Gasteiger partial charge < -0.3 is 5.32 Å². The van der Waals surface area contributed by atoms with Crippen molar-refractivity contribution in [1.82, 2.24) is 5.32 Å². The van der Waals surface area contributed by atoms with Crippen LogP contribution in [0, 0.1) is 5.92 Å². The Morgan fingerprint density at radius 3 is 2.85 bits per heavy atom. The Balaban J connectivity index is 2.99. The molecule has 0 bridgehead atoms. The smallest absolute Gasteiger partial charge is 0.232 e. The SMILES string of the molecule is CNC(=O)C1C(I)=CC=CC1(F)I. The van der Waals surface area contributed by atoms with Gasteiger partial charge in [-0.15, -0.1) is 0 Å². The number of alkyl halides is 2. The van der Waals surface area contributed by atoms with E-state index < -0.39 is 9.59 Å². The van der Waals surface area contributed by atoms with Gasteiger partial charge in [0.25, 0.3) is 0 Å². The zero-order chi connectivity index (χ0) is 10.1. The second-order valence-electron chi connectivity index (χ2n) is 2.63. The maximum absolute atomic E-state index is 13.8. The van der Waals surface area contributed by atoms with Crippen molar-refractivity contribution in [1.29, 1.82) is 0 Å². The van der Waals surface area contributed by atoms with Crippen molar-refractivity contribution in [2.45, 2.75) is 3.68 Å². The summed E-state index contributed by atoms with van der Waals surface area (Å²) in [5, 5.41) is 2.46. The summed E-state index contributed by atoms with van der Waals surface area (Å²) < 4.78 is 12.9. The number of nitrogens with one attached hydrogen (secondary N) is 1. The summed E-state index contributed by atoms with van der Waals surface area (Å²) in [4.78, 5) is 11.4. The van der Waals surface area contributed by atoms with Crippen LogP contribution in [0.5, 0.6) is 0 Å². The Morgan fingerprint density at radius 2 is 2.38 bits per heavy atom. The van der Waals surface area contributed by atoms with Crippen molar-refractivity contribution >= 4 is 51.1 Å². The second kappa shape index (κ2) is 4.24. The number of carbonyl (C=O) groups is 1. The van der Waals surface area contributed by atoms with E-state index in [0.717, 1.165) is 3.58 Å². The standard InChI is InChI=1S/C8H8FI2NO/c1-12-7(13)6-5(10)3-2-4-8(6,9)11/h2-4,6H,1H3,(H,12,13). The van der Waals surface area contributed by atoms with E-state index in [1.54, 1.807) is 34.7 Å². The molecule has 1 aliphatic carbocycles. The average molecular weight is 407 g/mol. The van der Waals surface area contributed by atoms with Crippen molar-refractivity contribution < 1.29 is 9.18 Å². The fourth-order valence-corrected chi connectivity index (χ4v) is 3.45. The lowest BCUT2D eigenvalue weighted by molar-refractivity contribution is -0.124. The maximum Gasteiger partial charge on any atom is 0.232 e. The second-order valence-corrected chi connectivity index (χ2v) is 5.53. The molecule has 5 heteroatoms. The van der Waals surface area contributed by atoms with E-state index in [9.17, 15) is 9.18 Å². The lowest BCUT2D eigenvalue weighted by Gasteiger charge is -2.26. The molecule has 72 valence electrons. The zero-order valence-electron chi connectivity index (χ0n) is 6.85. The fraction of sp³-hybridized carbons (Fsp3) is 0.375. The molecule has 13 heavy (non-hydrogen) atoms. The molecular formula is C8H8FI2NO. The molecule has 0 fully saturated rings. The number of hydrogen-bond donors (Lipinski definition) is 1. The van der Waals surface area contributed by atoms with Crippen LogP contribution in [0.3, 0.4) is 0 Å². The van der Waals surface area contributed by atoms with E-state index >= 15 is 0 Å². The van der Waals surface area contributed by atoms with Crippen LogP contribution in [0.25, 0.3) is 0 Å². The molecule has 2 atom stereocenters. The van der Waals surface area contributed by atoms with Crippen LogP contribution in [0.2, 0.25) is 0 Å². The van der Waals surface area contributed by atoms with Crippen LogP contribution in [0.1, 0.15) is 0 Å². The Kier molecular flexibility index (Phi) is 3.73. The molecule has 1 rings (SSSR count). The first-order valence-electron chi connectivity index (χ1n) is 3.63. The monoisotopic (exact) mass is 407 g/mol. The Labute approximate surface area is 103 Å². The number of carbonyl (C=O) groups excluding carboxylic acids is 1. The summed E-state index contributed by atoms with van der Waals surface area (Å²) in [6, 6.07) is 0. The Hall–Kier alpha value is 0.340. The molecule has 0 aromatic heterocycles. The van der Waals surface area contributed by atoms with Crippen LogP contribution in [0.15, 0.2) is 21.8 Å². The first kappa shape index (κ1) is 11.4. The van der Waals surface area contributed by atoms with E-state index in [4.69, 9.17) is 0 Å². The number of hydrogen-bond acceptors (Lipinski definition) is 1. The molecule has 0 aromatic rings. The van der Waals surface area contributed by atoms with Gasteiger partial charge in [-0.2, -0.15) is 0 Å². The van der Waals surface area contributed by atoms with Gasteiger partial charge >= 0.3 is 0 Å². The van der Waals surface area contributed by atoms with Crippen molar-refractivity contribution in [3.63, 3.8) is 0 Å². The molecule has 1 amide bonds. The first-order chi connectivity index (χ1) is 5.99. The van der Waals surface area contributed by atoms with Gasteiger partial charge in [0, 0.05) is 10.6 Å². The van der Waals surface area contributed by atoms with Gasteiger partial charge in [-0.1, -0.05) is 12.2 Å². The number of allylic oxidation sites excluding steroid dienone is 3. The van der Waals surface area contributed by atoms with E-state index in [1.807, 2.05) is 22.6 Å². The van der Waals surface area contributed by atoms with Crippen LogP contribution < -0.4 is 5.32 Å². The predicted octanol–water partition coefficient (Wildman–Crippen LogP) is 2.34. The van der Waals surface area contributed by atoms with E-state index in [2.05, 4.69) is 5.32 Å². The lowest BCUT2D eigenvalue weighted by Crippen LogP contribution is -2.39. The zero-order valence-corrected chi connectivity index (χ0v) is 11.2. The molecule has 0 saturated carbocycles. The van der Waals surface area contributed by atoms with Crippen LogP contribution in [-0.2, 0) is 4.79 Å². The lowest BCUT2D eigenvalue weighted by atomic mass is 9.98. The predicted molar refractivity (Wildman–Crippen MR) is 66.7 cm³/mol. The van der Waals surface area contributed by atoms with E-state index in [-0.39, 0.29) is 5.91 Å². The molecule has 0 aromatic carbocycles. The molecule has 0 radical (unpaired) electrons. The molecule has 0 spiro atoms. The third-order valence-electron chi connectivity index (χ3n) is 1.74. The molecule has 0 heterocycles. The van der Waals surface area contributed by atoms with Crippen molar-refractivity contribution in [3.8, 4) is 0 Å². The van der Waals surface area contributed by atoms with Crippen LogP contribution in [0.4, 0.5) is 4.39 Å². The van der Waals surface area contributed by atoms with Crippen molar-refractivity contribution in [2.24, 2.45) is 5.92 Å². The summed E-state index contributed by atoms with van der Waals surface area (Å²) in [6.07, 6.45) is 4.78. The van der Waals surface area contributed by atoms with Crippen LogP contribution in [-0.4, -0.2) is 16.6 Å². The summed E-state index contributed by atoms with van der Waals surface area (Å²) in [6.45, 7) is 0. The summed E-state index contributed by atoms with van der Waals surface area (Å²) >= 11 is 3.63. The normalized spacial score (nSPS) is 32.6. The quantitative estimate of drug-likeness (QED) is 0.525. The fourth-order valence-electron chi connectivity index (χ4n) is 1.09. The minimum Gasteiger partial charge on any atom is -0.358 e. The Morgan fingerprint density at radius 1 is 1.77 bits per heavy atom. The number of amides is 1. The highest BCUT2D eigenvalue weighted by Crippen LogP contribution is 2.41. The molecular weight excluding hydrogens is 399 g/mol. The van der Waals surface area contributed by atoms with Crippen molar-refractivity contribution in [3.05, 3.63) is 21.8 Å². The minimum atomic E-state index is -1.61. The molecule has 2 nitrogen and oxygen atoms in total. The van der Waals surface area contributed by atoms with E-state index in [1.165, 1.54) is 13.1 Å². The molecule has 0 aliphatic heterocycles. The van der Waals surface area contributed by atoms with Gasteiger partial charge in [-0.25, -0.2) is 4.39 Å². The number of halogens is 3. The third-order valence-corrected chi connectivity index (χ3v) is 3.71. The highest BCUT2D eigenvalue weighted by Gasteiger charge is 2.42.